The first-order valence-corrected chi connectivity index (χ1v) is 10.4. The topological polar surface area (TPSA) is 101 Å². The molecule has 0 aliphatic rings. The number of halogens is 1. The van der Waals surface area contributed by atoms with Crippen LogP contribution in [0.1, 0.15) is 12.5 Å². The summed E-state index contributed by atoms with van der Waals surface area (Å²) in [7, 11) is 1.47. The van der Waals surface area contributed by atoms with Gasteiger partial charge in [-0.25, -0.2) is 4.79 Å². The van der Waals surface area contributed by atoms with Crippen LogP contribution in [0, 0.1) is 0 Å². The minimum atomic E-state index is -0.707. The summed E-state index contributed by atoms with van der Waals surface area (Å²) in [5, 5.41) is 0.111. The van der Waals surface area contributed by atoms with Crippen molar-refractivity contribution in [2.24, 2.45) is 0 Å². The quantitative estimate of drug-likeness (QED) is 0.569. The van der Waals surface area contributed by atoms with E-state index in [4.69, 9.17) is 17.3 Å². The van der Waals surface area contributed by atoms with Gasteiger partial charge in [0.2, 0.25) is 5.91 Å². The number of hydrogen-bond acceptors (Lipinski definition) is 5. The lowest BCUT2D eigenvalue weighted by Crippen LogP contribution is -2.41. The number of amides is 1. The number of rotatable bonds is 6. The standard InChI is InChI=1S/C21H21ClN4O3S/c1-13(30-16-10-8-15(22)9-11-16)20(28)25(2)17-18(23)26(21(29)24-19(17)27)12-14-6-4-3-5-7-14/h3-11,13H,12,23H2,1-2H3,(H,24,27,29). The van der Waals surface area contributed by atoms with Crippen molar-refractivity contribution in [3.8, 4) is 0 Å². The Hall–Kier alpha value is -2.97. The Bertz CT molecular complexity index is 1160. The largest absolute Gasteiger partial charge is 0.383 e. The zero-order chi connectivity index (χ0) is 21.8. The second kappa shape index (κ2) is 9.23. The van der Waals surface area contributed by atoms with E-state index in [2.05, 4.69) is 4.98 Å². The van der Waals surface area contributed by atoms with Crippen molar-refractivity contribution in [1.82, 2.24) is 9.55 Å². The van der Waals surface area contributed by atoms with Gasteiger partial charge in [0, 0.05) is 17.0 Å². The smallest absolute Gasteiger partial charge is 0.330 e. The fourth-order valence-corrected chi connectivity index (χ4v) is 4.06. The number of nitrogens with zero attached hydrogens (tertiary/aromatic N) is 2. The van der Waals surface area contributed by atoms with Gasteiger partial charge in [-0.3, -0.25) is 19.1 Å². The molecular formula is C21H21ClN4O3S. The van der Waals surface area contributed by atoms with E-state index in [9.17, 15) is 14.4 Å². The maximum absolute atomic E-state index is 13.0. The Balaban J connectivity index is 1.89. The molecule has 1 heterocycles. The molecule has 0 aliphatic heterocycles. The van der Waals surface area contributed by atoms with Gasteiger partial charge in [-0.05, 0) is 36.8 Å². The van der Waals surface area contributed by atoms with Crippen LogP contribution in [0.4, 0.5) is 11.5 Å². The summed E-state index contributed by atoms with van der Waals surface area (Å²) >= 11 is 7.23. The normalized spacial score (nSPS) is 11.8. The molecule has 1 unspecified atom stereocenters. The molecular weight excluding hydrogens is 424 g/mol. The number of H-pyrrole nitrogens is 1. The summed E-state index contributed by atoms with van der Waals surface area (Å²) in [5.74, 6) is -0.385. The van der Waals surface area contributed by atoms with Crippen LogP contribution in [-0.4, -0.2) is 27.8 Å². The Labute approximate surface area is 182 Å². The third-order valence-electron chi connectivity index (χ3n) is 4.54. The molecule has 0 radical (unpaired) electrons. The summed E-state index contributed by atoms with van der Waals surface area (Å²) in [5.41, 5.74) is 5.61. The Morgan fingerprint density at radius 1 is 1.17 bits per heavy atom. The molecule has 3 aromatic rings. The molecule has 7 nitrogen and oxygen atoms in total. The van der Waals surface area contributed by atoms with Crippen LogP contribution in [0.5, 0.6) is 0 Å². The molecule has 9 heteroatoms. The first kappa shape index (κ1) is 21.7. The number of aromatic nitrogens is 2. The first-order chi connectivity index (χ1) is 14.3. The van der Waals surface area contributed by atoms with Crippen molar-refractivity contribution < 1.29 is 4.79 Å². The molecule has 0 spiro atoms. The Kier molecular flexibility index (Phi) is 6.69. The van der Waals surface area contributed by atoms with E-state index in [-0.39, 0.29) is 24.0 Å². The van der Waals surface area contributed by atoms with Gasteiger partial charge in [-0.2, -0.15) is 0 Å². The predicted octanol–water partition coefficient (Wildman–Crippen LogP) is 2.96. The molecule has 0 bridgehead atoms. The fraction of sp³-hybridized carbons (Fsp3) is 0.190. The monoisotopic (exact) mass is 444 g/mol. The summed E-state index contributed by atoms with van der Waals surface area (Å²) in [4.78, 5) is 42.1. The van der Waals surface area contributed by atoms with Crippen molar-refractivity contribution in [2.45, 2.75) is 23.6 Å². The number of thioether (sulfide) groups is 1. The second-order valence-electron chi connectivity index (χ2n) is 6.68. The maximum atomic E-state index is 13.0. The van der Waals surface area contributed by atoms with E-state index in [0.717, 1.165) is 10.5 Å². The van der Waals surface area contributed by atoms with Crippen molar-refractivity contribution >= 4 is 40.8 Å². The number of carbonyl (C=O) groups excluding carboxylic acids is 1. The molecule has 0 saturated heterocycles. The number of nitrogen functional groups attached to an aromatic ring is 1. The minimum Gasteiger partial charge on any atom is -0.383 e. The van der Waals surface area contributed by atoms with Gasteiger partial charge in [0.05, 0.1) is 11.8 Å². The highest BCUT2D eigenvalue weighted by molar-refractivity contribution is 8.00. The van der Waals surface area contributed by atoms with Crippen LogP contribution in [0.3, 0.4) is 0 Å². The molecule has 3 rings (SSSR count). The Morgan fingerprint density at radius 2 is 1.80 bits per heavy atom. The number of benzene rings is 2. The van der Waals surface area contributed by atoms with Gasteiger partial charge in [-0.15, -0.1) is 11.8 Å². The molecule has 0 fully saturated rings. The fourth-order valence-electron chi connectivity index (χ4n) is 2.98. The molecule has 0 aliphatic carbocycles. The van der Waals surface area contributed by atoms with Gasteiger partial charge in [0.25, 0.3) is 5.56 Å². The van der Waals surface area contributed by atoms with Crippen molar-refractivity contribution in [3.63, 3.8) is 0 Å². The summed E-state index contributed by atoms with van der Waals surface area (Å²) < 4.78 is 1.24. The van der Waals surface area contributed by atoms with E-state index in [0.29, 0.717) is 5.02 Å². The van der Waals surface area contributed by atoms with E-state index in [1.54, 1.807) is 19.1 Å². The van der Waals surface area contributed by atoms with E-state index in [1.807, 2.05) is 42.5 Å². The number of nitrogens with one attached hydrogen (secondary N) is 1. The zero-order valence-corrected chi connectivity index (χ0v) is 18.0. The maximum Gasteiger partial charge on any atom is 0.330 e. The lowest BCUT2D eigenvalue weighted by atomic mass is 10.2. The van der Waals surface area contributed by atoms with Crippen LogP contribution in [0.25, 0.3) is 0 Å². The average molecular weight is 445 g/mol. The van der Waals surface area contributed by atoms with E-state index in [1.165, 1.54) is 28.3 Å². The van der Waals surface area contributed by atoms with Crippen molar-refractivity contribution in [1.29, 1.82) is 0 Å². The molecule has 156 valence electrons. The molecule has 1 amide bonds. The third kappa shape index (κ3) is 4.77. The van der Waals surface area contributed by atoms with Crippen LogP contribution in [-0.2, 0) is 11.3 Å². The lowest BCUT2D eigenvalue weighted by Gasteiger charge is -2.23. The third-order valence-corrected chi connectivity index (χ3v) is 5.89. The van der Waals surface area contributed by atoms with Gasteiger partial charge in [-0.1, -0.05) is 41.9 Å². The minimum absolute atomic E-state index is 0.0564. The number of carbonyl (C=O) groups is 1. The molecule has 1 atom stereocenters. The van der Waals surface area contributed by atoms with Crippen molar-refractivity contribution in [2.75, 3.05) is 17.7 Å². The second-order valence-corrected chi connectivity index (χ2v) is 8.53. The summed E-state index contributed by atoms with van der Waals surface area (Å²) in [6, 6.07) is 16.4. The number of aromatic amines is 1. The highest BCUT2D eigenvalue weighted by atomic mass is 35.5. The molecule has 30 heavy (non-hydrogen) atoms. The first-order valence-electron chi connectivity index (χ1n) is 9.14. The SMILES string of the molecule is CC(Sc1ccc(Cl)cc1)C(=O)N(C)c1c(N)n(Cc2ccccc2)c(=O)[nH]c1=O. The average Bonchev–Trinajstić information content (AvgIpc) is 2.72. The Morgan fingerprint density at radius 3 is 2.43 bits per heavy atom. The lowest BCUT2D eigenvalue weighted by molar-refractivity contribution is -0.117. The highest BCUT2D eigenvalue weighted by Crippen LogP contribution is 2.27. The van der Waals surface area contributed by atoms with E-state index < -0.39 is 16.5 Å². The number of nitrogens with two attached hydrogens (primary N) is 1. The predicted molar refractivity (Wildman–Crippen MR) is 121 cm³/mol. The van der Waals surface area contributed by atoms with Crippen LogP contribution in [0.2, 0.25) is 5.02 Å². The van der Waals surface area contributed by atoms with Gasteiger partial charge >= 0.3 is 5.69 Å². The number of anilines is 2. The summed E-state index contributed by atoms with van der Waals surface area (Å²) in [6.45, 7) is 1.91. The summed E-state index contributed by atoms with van der Waals surface area (Å²) in [6.07, 6.45) is 0. The number of hydrogen-bond donors (Lipinski definition) is 2. The molecule has 0 saturated carbocycles. The van der Waals surface area contributed by atoms with Crippen LogP contribution < -0.4 is 21.9 Å². The van der Waals surface area contributed by atoms with Gasteiger partial charge in [0.15, 0.2) is 5.69 Å². The molecule has 1 aromatic heterocycles. The van der Waals surface area contributed by atoms with Gasteiger partial charge < -0.3 is 10.6 Å². The van der Waals surface area contributed by atoms with Gasteiger partial charge in [0.1, 0.15) is 5.82 Å². The van der Waals surface area contributed by atoms with Crippen molar-refractivity contribution in [3.05, 3.63) is 86.0 Å². The molecule has 2 aromatic carbocycles. The van der Waals surface area contributed by atoms with Crippen LogP contribution in [0.15, 0.2) is 69.1 Å². The molecule has 3 N–H and O–H groups in total. The zero-order valence-electron chi connectivity index (χ0n) is 16.5. The highest BCUT2D eigenvalue weighted by Gasteiger charge is 2.25. The van der Waals surface area contributed by atoms with Crippen LogP contribution >= 0.6 is 23.4 Å². The van der Waals surface area contributed by atoms with E-state index >= 15 is 0 Å².